The number of halogens is 1. The number of fused-ring (bicyclic) bond motifs is 1. The van der Waals surface area contributed by atoms with E-state index in [1.165, 1.54) is 0 Å². The van der Waals surface area contributed by atoms with Crippen LogP contribution in [-0.2, 0) is 13.1 Å². The van der Waals surface area contributed by atoms with E-state index in [2.05, 4.69) is 43.2 Å². The van der Waals surface area contributed by atoms with Crippen LogP contribution in [0.2, 0.25) is 0 Å². The summed E-state index contributed by atoms with van der Waals surface area (Å²) in [7, 11) is 0. The first-order chi connectivity index (χ1) is 17.6. The van der Waals surface area contributed by atoms with Crippen LogP contribution in [0.1, 0.15) is 43.4 Å². The van der Waals surface area contributed by atoms with Gasteiger partial charge in [0.1, 0.15) is 17.0 Å². The zero-order chi connectivity index (χ0) is 24.4. The van der Waals surface area contributed by atoms with Crippen molar-refractivity contribution < 1.29 is 4.39 Å². The van der Waals surface area contributed by atoms with E-state index in [1.807, 2.05) is 28.9 Å². The highest BCUT2D eigenvalue weighted by Crippen LogP contribution is 2.39. The molecule has 0 unspecified atom stereocenters. The Morgan fingerprint density at radius 1 is 1.08 bits per heavy atom. The van der Waals surface area contributed by atoms with E-state index in [1.54, 1.807) is 34.2 Å². The van der Waals surface area contributed by atoms with Gasteiger partial charge in [0.15, 0.2) is 0 Å². The maximum atomic E-state index is 14.1. The van der Waals surface area contributed by atoms with E-state index in [0.717, 1.165) is 72.6 Å². The van der Waals surface area contributed by atoms with E-state index >= 15 is 0 Å². The first kappa shape index (κ1) is 22.5. The molecule has 1 fully saturated rings. The average molecular weight is 487 g/mol. The van der Waals surface area contributed by atoms with Crippen LogP contribution in [0.25, 0.3) is 22.6 Å². The van der Waals surface area contributed by atoms with Crippen molar-refractivity contribution in [1.82, 2.24) is 49.7 Å². The van der Waals surface area contributed by atoms with E-state index in [-0.39, 0.29) is 0 Å². The number of hydrogen-bond donors (Lipinski definition) is 1. The summed E-state index contributed by atoms with van der Waals surface area (Å²) < 4.78 is 19.5. The minimum atomic E-state index is -0.891. The van der Waals surface area contributed by atoms with Gasteiger partial charge in [-0.2, -0.15) is 0 Å². The summed E-state index contributed by atoms with van der Waals surface area (Å²) in [5.74, 6) is 0. The standard InChI is InChI=1S/C25H27FN10/c26-25(5-1-6-25)7-2-8-27-12-19-3-4-24-30-21(16-34(24)15-19)17-35-18-23(31-33-35)20-11-22(14-28-13-20)36-10-9-29-32-36/h3-4,9-11,13-16,18,27H,1-2,5-8,12,17H2. The molecular formula is C25H27FN10. The lowest BCUT2D eigenvalue weighted by atomic mass is 9.79. The summed E-state index contributed by atoms with van der Waals surface area (Å²) in [6, 6.07) is 6.03. The van der Waals surface area contributed by atoms with Gasteiger partial charge < -0.3 is 9.72 Å². The van der Waals surface area contributed by atoms with Crippen LogP contribution < -0.4 is 5.32 Å². The Morgan fingerprint density at radius 3 is 2.86 bits per heavy atom. The Hall–Kier alpha value is -3.99. The molecule has 5 aromatic heterocycles. The van der Waals surface area contributed by atoms with Gasteiger partial charge >= 0.3 is 0 Å². The first-order valence-corrected chi connectivity index (χ1v) is 12.2. The summed E-state index contributed by atoms with van der Waals surface area (Å²) in [5, 5.41) is 19.9. The lowest BCUT2D eigenvalue weighted by Gasteiger charge is -2.33. The molecule has 0 aromatic carbocycles. The van der Waals surface area contributed by atoms with Crippen molar-refractivity contribution in [2.45, 2.75) is 50.9 Å². The third-order valence-electron chi connectivity index (χ3n) is 6.69. The number of nitrogens with one attached hydrogen (secondary N) is 1. The number of rotatable bonds is 10. The maximum absolute atomic E-state index is 14.1. The third-order valence-corrected chi connectivity index (χ3v) is 6.69. The molecule has 1 saturated carbocycles. The molecule has 6 rings (SSSR count). The molecule has 0 aliphatic heterocycles. The second kappa shape index (κ2) is 9.57. The van der Waals surface area contributed by atoms with Gasteiger partial charge in [-0.05, 0) is 56.3 Å². The smallest absolute Gasteiger partial charge is 0.137 e. The first-order valence-electron chi connectivity index (χ1n) is 12.2. The van der Waals surface area contributed by atoms with Gasteiger partial charge in [0.05, 0.1) is 42.7 Å². The lowest BCUT2D eigenvalue weighted by molar-refractivity contribution is 0.0517. The topological polar surface area (TPSA) is 104 Å². The van der Waals surface area contributed by atoms with Crippen LogP contribution in [0, 0.1) is 0 Å². The van der Waals surface area contributed by atoms with Crippen molar-refractivity contribution in [2.24, 2.45) is 0 Å². The van der Waals surface area contributed by atoms with Crippen LogP contribution in [0.3, 0.4) is 0 Å². The fourth-order valence-electron chi connectivity index (χ4n) is 4.56. The van der Waals surface area contributed by atoms with Crippen molar-refractivity contribution in [3.8, 4) is 16.9 Å². The maximum Gasteiger partial charge on any atom is 0.137 e. The molecule has 1 N–H and O–H groups in total. The van der Waals surface area contributed by atoms with Crippen molar-refractivity contribution in [3.05, 3.63) is 72.8 Å². The van der Waals surface area contributed by atoms with E-state index < -0.39 is 5.67 Å². The molecule has 5 heterocycles. The van der Waals surface area contributed by atoms with Gasteiger partial charge in [-0.25, -0.2) is 18.7 Å². The van der Waals surface area contributed by atoms with E-state index in [4.69, 9.17) is 4.98 Å². The summed E-state index contributed by atoms with van der Waals surface area (Å²) in [6.45, 7) is 2.07. The molecule has 1 aliphatic rings. The van der Waals surface area contributed by atoms with Crippen molar-refractivity contribution >= 4 is 5.65 Å². The molecule has 0 atom stereocenters. The Morgan fingerprint density at radius 2 is 2.03 bits per heavy atom. The predicted molar refractivity (Wildman–Crippen MR) is 131 cm³/mol. The number of pyridine rings is 2. The third kappa shape index (κ3) is 4.87. The molecule has 5 aromatic rings. The summed E-state index contributed by atoms with van der Waals surface area (Å²) in [5.41, 5.74) is 4.40. The van der Waals surface area contributed by atoms with Crippen LogP contribution in [0.4, 0.5) is 4.39 Å². The largest absolute Gasteiger partial charge is 0.313 e. The van der Waals surface area contributed by atoms with Crippen molar-refractivity contribution in [1.29, 1.82) is 0 Å². The molecule has 10 nitrogen and oxygen atoms in total. The predicted octanol–water partition coefficient (Wildman–Crippen LogP) is 3.38. The Labute approximate surface area is 207 Å². The molecule has 0 bridgehead atoms. The minimum Gasteiger partial charge on any atom is -0.313 e. The Bertz CT molecular complexity index is 1450. The number of hydrogen-bond acceptors (Lipinski definition) is 7. The lowest BCUT2D eigenvalue weighted by Crippen LogP contribution is -2.32. The highest BCUT2D eigenvalue weighted by Gasteiger charge is 2.35. The molecular weight excluding hydrogens is 459 g/mol. The minimum absolute atomic E-state index is 0.503. The molecule has 184 valence electrons. The highest BCUT2D eigenvalue weighted by molar-refractivity contribution is 5.59. The SMILES string of the molecule is FC1(CCCNCc2ccc3nc(Cn4cc(-c5cncc(-n6ccnn6)c5)nn4)cn3c2)CCC1. The van der Waals surface area contributed by atoms with Crippen molar-refractivity contribution in [3.63, 3.8) is 0 Å². The Balaban J connectivity index is 1.07. The van der Waals surface area contributed by atoms with Crippen LogP contribution in [0.5, 0.6) is 0 Å². The number of imidazole rings is 1. The molecule has 0 radical (unpaired) electrons. The van der Waals surface area contributed by atoms with E-state index in [9.17, 15) is 4.39 Å². The van der Waals surface area contributed by atoms with Gasteiger partial charge in [-0.1, -0.05) is 16.5 Å². The molecule has 1 aliphatic carbocycles. The zero-order valence-electron chi connectivity index (χ0n) is 19.8. The fourth-order valence-corrected chi connectivity index (χ4v) is 4.56. The second-order valence-electron chi connectivity index (χ2n) is 9.40. The summed E-state index contributed by atoms with van der Waals surface area (Å²) in [6.07, 6.45) is 16.9. The highest BCUT2D eigenvalue weighted by atomic mass is 19.1. The zero-order valence-corrected chi connectivity index (χ0v) is 19.8. The number of aromatic nitrogens is 9. The number of nitrogens with zero attached hydrogens (tertiary/aromatic N) is 9. The van der Waals surface area contributed by atoms with Gasteiger partial charge in [0, 0.05) is 30.7 Å². The molecule has 0 spiro atoms. The van der Waals surface area contributed by atoms with Crippen LogP contribution in [-0.4, -0.2) is 56.6 Å². The van der Waals surface area contributed by atoms with Crippen LogP contribution >= 0.6 is 0 Å². The van der Waals surface area contributed by atoms with E-state index in [0.29, 0.717) is 13.0 Å². The molecule has 11 heteroatoms. The summed E-state index contributed by atoms with van der Waals surface area (Å²) in [4.78, 5) is 9.01. The van der Waals surface area contributed by atoms with Crippen LogP contribution in [0.15, 0.2) is 61.6 Å². The normalized spacial score (nSPS) is 14.8. The van der Waals surface area contributed by atoms with Gasteiger partial charge in [0.25, 0.3) is 0 Å². The van der Waals surface area contributed by atoms with Gasteiger partial charge in [-0.15, -0.1) is 10.2 Å². The monoisotopic (exact) mass is 486 g/mol. The molecule has 36 heavy (non-hydrogen) atoms. The second-order valence-corrected chi connectivity index (χ2v) is 9.40. The molecule has 0 saturated heterocycles. The van der Waals surface area contributed by atoms with Gasteiger partial charge in [-0.3, -0.25) is 4.98 Å². The number of alkyl halides is 1. The molecule has 0 amide bonds. The fraction of sp³-hybridized carbons (Fsp3) is 0.360. The average Bonchev–Trinajstić information content (AvgIpc) is 3.64. The Kier molecular flexibility index (Phi) is 5.98. The summed E-state index contributed by atoms with van der Waals surface area (Å²) >= 11 is 0. The van der Waals surface area contributed by atoms with Gasteiger partial charge in [0.2, 0.25) is 0 Å². The quantitative estimate of drug-likeness (QED) is 0.302. The van der Waals surface area contributed by atoms with Crippen molar-refractivity contribution in [2.75, 3.05) is 6.54 Å².